The number of hydrogen-bond acceptors (Lipinski definition) is 6. The van der Waals surface area contributed by atoms with Crippen molar-refractivity contribution in [3.63, 3.8) is 0 Å². The zero-order chi connectivity index (χ0) is 30.5. The number of phenolic OH excluding ortho intramolecular Hbond substituents is 1. The molecule has 3 aromatic rings. The first-order chi connectivity index (χ1) is 19.6. The zero-order valence-electron chi connectivity index (χ0n) is 21.2. The molecule has 1 saturated heterocycles. The van der Waals surface area contributed by atoms with Crippen molar-refractivity contribution in [2.75, 3.05) is 4.90 Å². The van der Waals surface area contributed by atoms with Crippen molar-refractivity contribution in [3.05, 3.63) is 86.5 Å². The number of allylic oxidation sites excluding steroid dienone is 2. The van der Waals surface area contributed by atoms with Crippen molar-refractivity contribution in [1.29, 1.82) is 0 Å². The van der Waals surface area contributed by atoms with Gasteiger partial charge in [-0.1, -0.05) is 6.08 Å². The maximum absolute atomic E-state index is 14.2. The van der Waals surface area contributed by atoms with Gasteiger partial charge in [-0.25, -0.2) is 32.8 Å². The van der Waals surface area contributed by atoms with Gasteiger partial charge in [0.2, 0.25) is 0 Å². The average Bonchev–Trinajstić information content (AvgIpc) is 3.23. The molecule has 0 bridgehead atoms. The number of benzene rings is 2. The number of imide groups is 1. The first-order valence-corrected chi connectivity index (χ1v) is 13.0. The molecule has 3 aliphatic rings. The number of aromatic nitrogens is 3. The smallest absolute Gasteiger partial charge is 0.508 e. The molecule has 4 atom stereocenters. The molecule has 0 radical (unpaired) electrons. The lowest BCUT2D eigenvalue weighted by atomic mass is 9.64. The molecule has 2 amide bonds. The van der Waals surface area contributed by atoms with Crippen molar-refractivity contribution in [3.8, 4) is 11.5 Å². The number of aromatic hydroxyl groups is 1. The van der Waals surface area contributed by atoms with Crippen LogP contribution < -0.4 is 21.0 Å². The zero-order valence-corrected chi connectivity index (χ0v) is 22.7. The molecule has 2 aromatic carbocycles. The van der Waals surface area contributed by atoms with E-state index in [1.165, 1.54) is 13.1 Å². The summed E-state index contributed by atoms with van der Waals surface area (Å²) in [6.45, 7) is -0.206. The molecular formula is C26H18Cl2F4N4O6. The Bertz CT molecular complexity index is 1830. The first kappa shape index (κ1) is 28.1. The molecule has 1 aliphatic carbocycles. The highest BCUT2D eigenvalue weighted by Crippen LogP contribution is 2.64. The number of amides is 2. The van der Waals surface area contributed by atoms with Crippen LogP contribution in [0.4, 0.5) is 23.2 Å². The lowest BCUT2D eigenvalue weighted by molar-refractivity contribution is -0.274. The summed E-state index contributed by atoms with van der Waals surface area (Å²) in [5, 5.41) is 10.9. The van der Waals surface area contributed by atoms with Crippen molar-refractivity contribution < 1.29 is 37.0 Å². The SMILES string of the molecule is Cn1c(=O)n2n(c1=O)[C@@H]1C[C@@]3(Cl)C(=O)N(c4ccc(F)cc4)C(=O)[C@@]3(Cl)[C@@H](c3cc(OC(F)(F)F)ccc3O)C1=CC2. The van der Waals surface area contributed by atoms with Crippen molar-refractivity contribution >= 4 is 40.7 Å². The van der Waals surface area contributed by atoms with E-state index in [9.17, 15) is 41.8 Å². The van der Waals surface area contributed by atoms with Gasteiger partial charge in [0.25, 0.3) is 11.8 Å². The first-order valence-electron chi connectivity index (χ1n) is 12.3. The fraction of sp³-hybridized carbons (Fsp3) is 0.308. The molecule has 0 spiro atoms. The van der Waals surface area contributed by atoms with Gasteiger partial charge in [-0.05, 0) is 48.0 Å². The summed E-state index contributed by atoms with van der Waals surface area (Å²) < 4.78 is 60.0. The molecule has 1 aromatic heterocycles. The molecule has 2 fully saturated rings. The number of carbonyl (C=O) groups excluding carboxylic acids is 2. The van der Waals surface area contributed by atoms with E-state index in [0.29, 0.717) is 4.90 Å². The van der Waals surface area contributed by atoms with Crippen LogP contribution in [0.1, 0.15) is 23.9 Å². The van der Waals surface area contributed by atoms with E-state index >= 15 is 0 Å². The molecule has 42 heavy (non-hydrogen) atoms. The van der Waals surface area contributed by atoms with Gasteiger partial charge in [-0.15, -0.1) is 36.4 Å². The summed E-state index contributed by atoms with van der Waals surface area (Å²) in [6, 6.07) is 5.61. The maximum atomic E-state index is 14.2. The number of carbonyl (C=O) groups is 2. The third kappa shape index (κ3) is 3.70. The van der Waals surface area contributed by atoms with Gasteiger partial charge in [0.05, 0.1) is 18.3 Å². The van der Waals surface area contributed by atoms with Crippen LogP contribution in [-0.2, 0) is 23.2 Å². The Balaban J connectivity index is 1.62. The van der Waals surface area contributed by atoms with Crippen LogP contribution in [0, 0.1) is 5.82 Å². The summed E-state index contributed by atoms with van der Waals surface area (Å²) in [5.41, 5.74) is -1.78. The highest BCUT2D eigenvalue weighted by atomic mass is 35.5. The number of nitrogens with zero attached hydrogens (tertiary/aromatic N) is 4. The molecule has 16 heteroatoms. The molecule has 220 valence electrons. The number of alkyl halides is 5. The molecule has 3 heterocycles. The van der Waals surface area contributed by atoms with Gasteiger partial charge in [0, 0.05) is 24.9 Å². The van der Waals surface area contributed by atoms with Crippen LogP contribution in [0.5, 0.6) is 11.5 Å². The van der Waals surface area contributed by atoms with Crippen LogP contribution in [-0.4, -0.2) is 47.0 Å². The van der Waals surface area contributed by atoms with Gasteiger partial charge in [0.15, 0.2) is 9.75 Å². The lowest BCUT2D eigenvalue weighted by Crippen LogP contribution is -2.59. The van der Waals surface area contributed by atoms with Crippen LogP contribution in [0.2, 0.25) is 0 Å². The standard InChI is InChI=1S/C26H18Cl2F4N4O6/c1-33-22(40)34-9-8-15-17(36(34)23(33)41)11-24(27)20(38)35(13-4-2-12(29)3-5-13)21(39)25(24,28)19(15)16-10-14(6-7-18(16)37)42-26(30,31)32/h2-8,10,17,19,37H,9,11H2,1H3/t17-,19-,24-,25+/m1/s1. The molecule has 2 aliphatic heterocycles. The fourth-order valence-electron chi connectivity index (χ4n) is 6.08. The molecule has 6 rings (SSSR count). The molecule has 1 N–H and O–H groups in total. The number of rotatable bonds is 3. The maximum Gasteiger partial charge on any atom is 0.573 e. The van der Waals surface area contributed by atoms with E-state index in [2.05, 4.69) is 4.74 Å². The molecular weight excluding hydrogens is 611 g/mol. The van der Waals surface area contributed by atoms with Crippen molar-refractivity contribution in [2.45, 2.75) is 41.0 Å². The molecule has 0 unspecified atom stereocenters. The predicted octanol–water partition coefficient (Wildman–Crippen LogP) is 3.29. The van der Waals surface area contributed by atoms with Gasteiger partial charge in [0.1, 0.15) is 17.3 Å². The van der Waals surface area contributed by atoms with E-state index in [1.807, 2.05) is 0 Å². The number of anilines is 1. The molecule has 10 nitrogen and oxygen atoms in total. The topological polar surface area (TPSA) is 116 Å². The normalized spacial score (nSPS) is 26.9. The molecule has 1 saturated carbocycles. The Morgan fingerprint density at radius 2 is 1.67 bits per heavy atom. The summed E-state index contributed by atoms with van der Waals surface area (Å²) in [7, 11) is 1.23. The van der Waals surface area contributed by atoms with Gasteiger partial charge >= 0.3 is 17.7 Å². The highest BCUT2D eigenvalue weighted by molar-refractivity contribution is 6.58. The van der Waals surface area contributed by atoms with Crippen molar-refractivity contribution in [2.24, 2.45) is 7.05 Å². The Hall–Kier alpha value is -4.04. The van der Waals surface area contributed by atoms with E-state index < -0.39 is 75.0 Å². The highest BCUT2D eigenvalue weighted by Gasteiger charge is 2.76. The minimum absolute atomic E-state index is 0.0938. The van der Waals surface area contributed by atoms with Crippen molar-refractivity contribution in [1.82, 2.24) is 13.9 Å². The van der Waals surface area contributed by atoms with Crippen LogP contribution >= 0.6 is 23.2 Å². The second-order valence-corrected chi connectivity index (χ2v) is 11.4. The third-order valence-electron chi connectivity index (χ3n) is 7.90. The quantitative estimate of drug-likeness (QED) is 0.206. The van der Waals surface area contributed by atoms with Gasteiger partial charge in [-0.3, -0.25) is 9.59 Å². The summed E-state index contributed by atoms with van der Waals surface area (Å²) in [6.07, 6.45) is -4.16. The van der Waals surface area contributed by atoms with Gasteiger partial charge in [-0.2, -0.15) is 0 Å². The average molecular weight is 629 g/mol. The second kappa shape index (κ2) is 8.98. The number of hydrogen-bond donors (Lipinski definition) is 1. The Morgan fingerprint density at radius 1 is 1.00 bits per heavy atom. The van der Waals surface area contributed by atoms with Gasteiger partial charge < -0.3 is 9.84 Å². The Labute approximate surface area is 242 Å². The van der Waals surface area contributed by atoms with Crippen LogP contribution in [0.25, 0.3) is 0 Å². The van der Waals surface area contributed by atoms with E-state index in [1.54, 1.807) is 0 Å². The monoisotopic (exact) mass is 628 g/mol. The Kier molecular flexibility index (Phi) is 6.01. The number of ether oxygens (including phenoxy) is 1. The second-order valence-electron chi connectivity index (χ2n) is 10.1. The summed E-state index contributed by atoms with van der Waals surface area (Å²) >= 11 is 14.1. The third-order valence-corrected chi connectivity index (χ3v) is 9.31. The van der Waals surface area contributed by atoms with E-state index in [-0.39, 0.29) is 23.4 Å². The van der Waals surface area contributed by atoms with Crippen LogP contribution in [0.3, 0.4) is 0 Å². The number of fused-ring (bicyclic) bond motifs is 4. The minimum Gasteiger partial charge on any atom is -0.508 e. The lowest BCUT2D eigenvalue weighted by Gasteiger charge is -2.49. The number of halogens is 6. The Morgan fingerprint density at radius 3 is 2.31 bits per heavy atom. The predicted molar refractivity (Wildman–Crippen MR) is 139 cm³/mol. The summed E-state index contributed by atoms with van der Waals surface area (Å²) in [4.78, 5) is 49.9. The minimum atomic E-state index is -5.12. The van der Waals surface area contributed by atoms with E-state index in [4.69, 9.17) is 23.2 Å². The number of phenols is 1. The van der Waals surface area contributed by atoms with E-state index in [0.717, 1.165) is 56.4 Å². The largest absolute Gasteiger partial charge is 0.573 e. The fourth-order valence-corrected chi connectivity index (χ4v) is 6.98. The van der Waals surface area contributed by atoms with Crippen LogP contribution in [0.15, 0.2) is 63.7 Å². The summed E-state index contributed by atoms with van der Waals surface area (Å²) in [5.74, 6) is -5.80.